The van der Waals surface area contributed by atoms with E-state index < -0.39 is 6.16 Å². The molecule has 0 aliphatic carbocycles. The molecular weight excluding hydrogens is 324 g/mol. The van der Waals surface area contributed by atoms with Gasteiger partial charge in [-0.15, -0.1) is 0 Å². The molecule has 3 nitrogen and oxygen atoms in total. The molecule has 26 heavy (non-hydrogen) atoms. The van der Waals surface area contributed by atoms with Crippen LogP contribution in [0.1, 0.15) is 95.8 Å². The minimum Gasteiger partial charge on any atom is -0.434 e. The summed E-state index contributed by atoms with van der Waals surface area (Å²) in [6.07, 6.45) is 11.4. The fourth-order valence-electron chi connectivity index (χ4n) is 3.13. The van der Waals surface area contributed by atoms with Crippen molar-refractivity contribution in [3.05, 3.63) is 28.8 Å². The molecule has 0 bridgehead atoms. The number of rotatable bonds is 13. The topological polar surface area (TPSA) is 35.5 Å². The van der Waals surface area contributed by atoms with Gasteiger partial charge in [0.2, 0.25) is 0 Å². The maximum atomic E-state index is 12.1. The Balaban J connectivity index is 3.07. The van der Waals surface area contributed by atoms with E-state index in [4.69, 9.17) is 9.47 Å². The second-order valence-electron chi connectivity index (χ2n) is 7.04. The fraction of sp³-hybridized carbons (Fsp3) is 0.696. The average molecular weight is 363 g/mol. The lowest BCUT2D eigenvalue weighted by molar-refractivity contribution is 0.0974. The zero-order chi connectivity index (χ0) is 19.2. The van der Waals surface area contributed by atoms with Crippen LogP contribution in [-0.2, 0) is 24.0 Å². The third-order valence-electron chi connectivity index (χ3n) is 4.76. The van der Waals surface area contributed by atoms with E-state index in [1.165, 1.54) is 42.4 Å². The van der Waals surface area contributed by atoms with Crippen molar-refractivity contribution in [3.63, 3.8) is 0 Å². The Labute approximate surface area is 160 Å². The van der Waals surface area contributed by atoms with Gasteiger partial charge in [-0.05, 0) is 67.7 Å². The maximum absolute atomic E-state index is 12.1. The number of hydrogen-bond donors (Lipinski definition) is 0. The molecule has 0 atom stereocenters. The molecule has 1 aromatic carbocycles. The molecule has 1 aromatic rings. The second kappa shape index (κ2) is 13.7. The summed E-state index contributed by atoms with van der Waals surface area (Å²) in [6.45, 7) is 9.16. The number of carbonyl (C=O) groups excluding carboxylic acids is 1. The third-order valence-corrected chi connectivity index (χ3v) is 4.76. The lowest BCUT2D eigenvalue weighted by Crippen LogP contribution is -2.14. The molecule has 0 aromatic heterocycles. The van der Waals surface area contributed by atoms with Gasteiger partial charge in [-0.25, -0.2) is 4.79 Å². The monoisotopic (exact) mass is 362 g/mol. The molecule has 0 unspecified atom stereocenters. The standard InChI is InChI=1S/C23H38O3/c1-5-9-13-19-16-17-22(26-23(24)25-18-12-8-4)21(15-11-7-3)20(19)14-10-6-2/h16-17H,5-15,18H2,1-4H3. The van der Waals surface area contributed by atoms with Crippen LogP contribution in [0.25, 0.3) is 0 Å². The van der Waals surface area contributed by atoms with Gasteiger partial charge in [-0.1, -0.05) is 59.4 Å². The number of aryl methyl sites for hydroxylation is 1. The van der Waals surface area contributed by atoms with Crippen LogP contribution in [0.15, 0.2) is 12.1 Å². The molecule has 0 amide bonds. The largest absolute Gasteiger partial charge is 0.513 e. The van der Waals surface area contributed by atoms with Gasteiger partial charge < -0.3 is 9.47 Å². The fourth-order valence-corrected chi connectivity index (χ4v) is 3.13. The van der Waals surface area contributed by atoms with Crippen molar-refractivity contribution < 1.29 is 14.3 Å². The van der Waals surface area contributed by atoms with Gasteiger partial charge in [0.15, 0.2) is 0 Å². The molecule has 0 saturated carbocycles. The van der Waals surface area contributed by atoms with Crippen LogP contribution in [0.4, 0.5) is 4.79 Å². The second-order valence-corrected chi connectivity index (χ2v) is 7.04. The minimum absolute atomic E-state index is 0.427. The highest BCUT2D eigenvalue weighted by atomic mass is 16.7. The summed E-state index contributed by atoms with van der Waals surface area (Å²) in [5.41, 5.74) is 4.06. The van der Waals surface area contributed by atoms with E-state index in [0.29, 0.717) is 12.4 Å². The van der Waals surface area contributed by atoms with Crippen molar-refractivity contribution in [2.45, 2.75) is 98.3 Å². The van der Waals surface area contributed by atoms with Crippen molar-refractivity contribution in [3.8, 4) is 5.75 Å². The quantitative estimate of drug-likeness (QED) is 0.215. The van der Waals surface area contributed by atoms with Gasteiger partial charge in [-0.2, -0.15) is 0 Å². The Hall–Kier alpha value is -1.51. The van der Waals surface area contributed by atoms with Gasteiger partial charge >= 0.3 is 6.16 Å². The van der Waals surface area contributed by atoms with Gasteiger partial charge in [0.1, 0.15) is 5.75 Å². The summed E-state index contributed by atoms with van der Waals surface area (Å²) in [6, 6.07) is 4.14. The number of ether oxygens (including phenoxy) is 2. The van der Waals surface area contributed by atoms with Crippen molar-refractivity contribution in [1.82, 2.24) is 0 Å². The summed E-state index contributed by atoms with van der Waals surface area (Å²) < 4.78 is 10.8. The number of carbonyl (C=O) groups is 1. The first-order valence-electron chi connectivity index (χ1n) is 10.7. The van der Waals surface area contributed by atoms with E-state index in [9.17, 15) is 4.79 Å². The molecule has 0 saturated heterocycles. The molecule has 0 heterocycles. The summed E-state index contributed by atoms with van der Waals surface area (Å²) in [5, 5.41) is 0. The van der Waals surface area contributed by atoms with Gasteiger partial charge in [0, 0.05) is 0 Å². The van der Waals surface area contributed by atoms with Crippen LogP contribution in [0.5, 0.6) is 5.75 Å². The highest BCUT2D eigenvalue weighted by molar-refractivity contribution is 5.65. The SMILES string of the molecule is CCCCOC(=O)Oc1ccc(CCCC)c(CCCC)c1CCCC. The Kier molecular flexibility index (Phi) is 11.8. The van der Waals surface area contributed by atoms with E-state index in [0.717, 1.165) is 44.9 Å². The predicted molar refractivity (Wildman–Crippen MR) is 109 cm³/mol. The normalized spacial score (nSPS) is 10.8. The predicted octanol–water partition coefficient (Wildman–Crippen LogP) is 7.03. The molecule has 1 rings (SSSR count). The number of benzene rings is 1. The van der Waals surface area contributed by atoms with Crippen molar-refractivity contribution in [1.29, 1.82) is 0 Å². The van der Waals surface area contributed by atoms with E-state index >= 15 is 0 Å². The first-order valence-corrected chi connectivity index (χ1v) is 10.7. The Bertz CT molecular complexity index is 522. The first kappa shape index (κ1) is 22.5. The molecular formula is C23H38O3. The molecule has 0 N–H and O–H groups in total. The smallest absolute Gasteiger partial charge is 0.434 e. The van der Waals surface area contributed by atoms with Gasteiger partial charge in [-0.3, -0.25) is 0 Å². The maximum Gasteiger partial charge on any atom is 0.513 e. The molecule has 0 spiro atoms. The number of unbranched alkanes of at least 4 members (excludes halogenated alkanes) is 4. The first-order chi connectivity index (χ1) is 12.7. The minimum atomic E-state index is -0.570. The molecule has 148 valence electrons. The Morgan fingerprint density at radius 3 is 1.96 bits per heavy atom. The van der Waals surface area contributed by atoms with Gasteiger partial charge in [0.25, 0.3) is 0 Å². The van der Waals surface area contributed by atoms with Crippen LogP contribution in [-0.4, -0.2) is 12.8 Å². The lowest BCUT2D eigenvalue weighted by atomic mass is 9.90. The van der Waals surface area contributed by atoms with Crippen molar-refractivity contribution in [2.75, 3.05) is 6.61 Å². The van der Waals surface area contributed by atoms with E-state index in [2.05, 4.69) is 33.8 Å². The third kappa shape index (κ3) is 7.80. The summed E-state index contributed by atoms with van der Waals surface area (Å²) in [4.78, 5) is 12.1. The van der Waals surface area contributed by atoms with Crippen molar-refractivity contribution >= 4 is 6.16 Å². The molecule has 0 aliphatic rings. The van der Waals surface area contributed by atoms with Crippen LogP contribution in [0.2, 0.25) is 0 Å². The Morgan fingerprint density at radius 1 is 0.769 bits per heavy atom. The van der Waals surface area contributed by atoms with Crippen LogP contribution in [0.3, 0.4) is 0 Å². The summed E-state index contributed by atoms with van der Waals surface area (Å²) >= 11 is 0. The molecule has 0 aliphatic heterocycles. The highest BCUT2D eigenvalue weighted by Crippen LogP contribution is 2.30. The summed E-state index contributed by atoms with van der Waals surface area (Å²) in [7, 11) is 0. The zero-order valence-electron chi connectivity index (χ0n) is 17.4. The zero-order valence-corrected chi connectivity index (χ0v) is 17.4. The highest BCUT2D eigenvalue weighted by Gasteiger charge is 2.17. The van der Waals surface area contributed by atoms with Crippen LogP contribution >= 0.6 is 0 Å². The van der Waals surface area contributed by atoms with Gasteiger partial charge in [0.05, 0.1) is 6.61 Å². The molecule has 0 fully saturated rings. The summed E-state index contributed by atoms with van der Waals surface area (Å²) in [5.74, 6) is 0.700. The molecule has 0 radical (unpaired) electrons. The Morgan fingerprint density at radius 2 is 1.35 bits per heavy atom. The van der Waals surface area contributed by atoms with Crippen LogP contribution in [0, 0.1) is 0 Å². The van der Waals surface area contributed by atoms with Crippen LogP contribution < -0.4 is 4.74 Å². The van der Waals surface area contributed by atoms with Crippen molar-refractivity contribution in [2.24, 2.45) is 0 Å². The van der Waals surface area contributed by atoms with E-state index in [-0.39, 0.29) is 0 Å². The lowest BCUT2D eigenvalue weighted by Gasteiger charge is -2.19. The van der Waals surface area contributed by atoms with E-state index in [1.807, 2.05) is 6.07 Å². The molecule has 3 heteroatoms. The number of hydrogen-bond acceptors (Lipinski definition) is 3. The average Bonchev–Trinajstić information content (AvgIpc) is 2.64. The van der Waals surface area contributed by atoms with E-state index in [1.54, 1.807) is 0 Å².